The van der Waals surface area contributed by atoms with Crippen LogP contribution in [0.25, 0.3) is 0 Å². The van der Waals surface area contributed by atoms with Gasteiger partial charge in [-0.3, -0.25) is 0 Å². The van der Waals surface area contributed by atoms with E-state index >= 15 is 0 Å². The van der Waals surface area contributed by atoms with Crippen molar-refractivity contribution in [2.75, 3.05) is 34.3 Å². The Morgan fingerprint density at radius 2 is 2.11 bits per heavy atom. The maximum Gasteiger partial charge on any atom is 0.119 e. The second kappa shape index (κ2) is 7.36. The molecule has 1 aromatic rings. The van der Waals surface area contributed by atoms with Crippen molar-refractivity contribution in [2.45, 2.75) is 19.1 Å². The molecule has 0 saturated carbocycles. The summed E-state index contributed by atoms with van der Waals surface area (Å²) in [5.41, 5.74) is 0.874. The van der Waals surface area contributed by atoms with Gasteiger partial charge in [-0.05, 0) is 38.7 Å². The Balaban J connectivity index is 2.53. The Bertz CT molecular complexity index is 355. The molecular formula is C14H24N2O2. The smallest absolute Gasteiger partial charge is 0.119 e. The zero-order valence-corrected chi connectivity index (χ0v) is 11.7. The highest BCUT2D eigenvalue weighted by molar-refractivity contribution is 5.30. The van der Waals surface area contributed by atoms with Gasteiger partial charge < -0.3 is 20.1 Å². The van der Waals surface area contributed by atoms with Crippen molar-refractivity contribution in [3.8, 4) is 5.75 Å². The first-order chi connectivity index (χ1) is 8.54. The molecule has 0 aliphatic carbocycles. The lowest BCUT2D eigenvalue weighted by Gasteiger charge is -2.22. The average molecular weight is 252 g/mol. The van der Waals surface area contributed by atoms with Crippen LogP contribution in [0.1, 0.15) is 18.6 Å². The highest BCUT2D eigenvalue weighted by Crippen LogP contribution is 2.21. The molecule has 0 amide bonds. The van der Waals surface area contributed by atoms with Gasteiger partial charge in [-0.2, -0.15) is 0 Å². The summed E-state index contributed by atoms with van der Waals surface area (Å²) in [4.78, 5) is 2.11. The predicted molar refractivity (Wildman–Crippen MR) is 74.0 cm³/mol. The Kier molecular flexibility index (Phi) is 6.12. The quantitative estimate of drug-likeness (QED) is 0.767. The zero-order chi connectivity index (χ0) is 13.5. The van der Waals surface area contributed by atoms with Gasteiger partial charge in [-0.25, -0.2) is 0 Å². The number of ether oxygens (including phenoxy) is 1. The number of benzene rings is 1. The minimum atomic E-state index is -0.526. The summed E-state index contributed by atoms with van der Waals surface area (Å²) in [6.45, 7) is 3.80. The normalized spacial score (nSPS) is 14.6. The molecule has 102 valence electrons. The van der Waals surface area contributed by atoms with Crippen LogP contribution in [-0.4, -0.2) is 50.3 Å². The first-order valence-corrected chi connectivity index (χ1v) is 6.24. The lowest BCUT2D eigenvalue weighted by Crippen LogP contribution is -2.36. The van der Waals surface area contributed by atoms with Crippen molar-refractivity contribution >= 4 is 0 Å². The third kappa shape index (κ3) is 4.64. The van der Waals surface area contributed by atoms with Crippen molar-refractivity contribution in [1.29, 1.82) is 0 Å². The molecule has 0 aliphatic rings. The minimum Gasteiger partial charge on any atom is -0.497 e. The van der Waals surface area contributed by atoms with Crippen LogP contribution in [0.4, 0.5) is 0 Å². The number of aliphatic hydroxyl groups excluding tert-OH is 1. The maximum absolute atomic E-state index is 10.2. The fourth-order valence-electron chi connectivity index (χ4n) is 1.74. The van der Waals surface area contributed by atoms with Gasteiger partial charge in [0.05, 0.1) is 13.2 Å². The number of likely N-dealkylation sites (N-methyl/N-ethyl adjacent to an activating group) is 1. The van der Waals surface area contributed by atoms with Crippen molar-refractivity contribution in [3.05, 3.63) is 29.8 Å². The van der Waals surface area contributed by atoms with E-state index in [0.29, 0.717) is 0 Å². The predicted octanol–water partition coefficient (Wildman–Crippen LogP) is 1.27. The lowest BCUT2D eigenvalue weighted by atomic mass is 10.0. The van der Waals surface area contributed by atoms with E-state index in [0.717, 1.165) is 24.4 Å². The van der Waals surface area contributed by atoms with E-state index < -0.39 is 6.10 Å². The zero-order valence-electron chi connectivity index (χ0n) is 11.7. The SMILES string of the molecule is COc1cccc(C(O)C(C)NCCN(C)C)c1. The van der Waals surface area contributed by atoms with Crippen LogP contribution in [0.15, 0.2) is 24.3 Å². The molecule has 0 saturated heterocycles. The van der Waals surface area contributed by atoms with E-state index in [2.05, 4.69) is 10.2 Å². The summed E-state index contributed by atoms with van der Waals surface area (Å²) < 4.78 is 5.16. The van der Waals surface area contributed by atoms with Gasteiger partial charge in [-0.1, -0.05) is 12.1 Å². The Hall–Kier alpha value is -1.10. The van der Waals surface area contributed by atoms with Crippen molar-refractivity contribution in [3.63, 3.8) is 0 Å². The summed E-state index contributed by atoms with van der Waals surface area (Å²) >= 11 is 0. The van der Waals surface area contributed by atoms with Gasteiger partial charge in [0.1, 0.15) is 5.75 Å². The van der Waals surface area contributed by atoms with E-state index in [4.69, 9.17) is 4.74 Å². The fourth-order valence-corrected chi connectivity index (χ4v) is 1.74. The Morgan fingerprint density at radius 1 is 1.39 bits per heavy atom. The monoisotopic (exact) mass is 252 g/mol. The molecule has 4 nitrogen and oxygen atoms in total. The third-order valence-electron chi connectivity index (χ3n) is 2.93. The molecular weight excluding hydrogens is 228 g/mol. The minimum absolute atomic E-state index is 0.0112. The van der Waals surface area contributed by atoms with Crippen molar-refractivity contribution < 1.29 is 9.84 Å². The van der Waals surface area contributed by atoms with E-state index in [1.54, 1.807) is 7.11 Å². The van der Waals surface area contributed by atoms with Gasteiger partial charge in [0.2, 0.25) is 0 Å². The Morgan fingerprint density at radius 3 is 2.72 bits per heavy atom. The van der Waals surface area contributed by atoms with E-state index in [-0.39, 0.29) is 6.04 Å². The molecule has 18 heavy (non-hydrogen) atoms. The molecule has 0 radical (unpaired) electrons. The number of nitrogens with one attached hydrogen (secondary N) is 1. The molecule has 0 fully saturated rings. The highest BCUT2D eigenvalue weighted by atomic mass is 16.5. The number of rotatable bonds is 7. The number of hydrogen-bond donors (Lipinski definition) is 2. The third-order valence-corrected chi connectivity index (χ3v) is 2.93. The van der Waals surface area contributed by atoms with Crippen LogP contribution >= 0.6 is 0 Å². The fraction of sp³-hybridized carbons (Fsp3) is 0.571. The van der Waals surface area contributed by atoms with Crippen molar-refractivity contribution in [2.24, 2.45) is 0 Å². The molecule has 0 bridgehead atoms. The van der Waals surface area contributed by atoms with Crippen LogP contribution in [0.5, 0.6) is 5.75 Å². The van der Waals surface area contributed by atoms with Gasteiger partial charge >= 0.3 is 0 Å². The van der Waals surface area contributed by atoms with Crippen LogP contribution < -0.4 is 10.1 Å². The molecule has 1 aromatic carbocycles. The second-order valence-corrected chi connectivity index (χ2v) is 4.77. The molecule has 0 aromatic heterocycles. The maximum atomic E-state index is 10.2. The second-order valence-electron chi connectivity index (χ2n) is 4.77. The number of methoxy groups -OCH3 is 1. The van der Waals surface area contributed by atoms with Gasteiger partial charge in [-0.15, -0.1) is 0 Å². The molecule has 2 unspecified atom stereocenters. The van der Waals surface area contributed by atoms with E-state index in [1.807, 2.05) is 45.3 Å². The summed E-state index contributed by atoms with van der Waals surface area (Å²) in [7, 11) is 5.69. The lowest BCUT2D eigenvalue weighted by molar-refractivity contribution is 0.134. The molecule has 2 atom stereocenters. The molecule has 0 aliphatic heterocycles. The van der Waals surface area contributed by atoms with Gasteiger partial charge in [0.25, 0.3) is 0 Å². The van der Waals surface area contributed by atoms with Gasteiger partial charge in [0.15, 0.2) is 0 Å². The molecule has 4 heteroatoms. The van der Waals surface area contributed by atoms with E-state index in [9.17, 15) is 5.11 Å². The number of hydrogen-bond acceptors (Lipinski definition) is 4. The molecule has 0 heterocycles. The number of aliphatic hydroxyl groups is 1. The summed E-state index contributed by atoms with van der Waals surface area (Å²) in [5.74, 6) is 0.770. The van der Waals surface area contributed by atoms with Crippen LogP contribution in [0.2, 0.25) is 0 Å². The van der Waals surface area contributed by atoms with E-state index in [1.165, 1.54) is 0 Å². The topological polar surface area (TPSA) is 44.7 Å². The highest BCUT2D eigenvalue weighted by Gasteiger charge is 2.16. The summed E-state index contributed by atoms with van der Waals surface area (Å²) in [6.07, 6.45) is -0.526. The van der Waals surface area contributed by atoms with Crippen LogP contribution in [-0.2, 0) is 0 Å². The van der Waals surface area contributed by atoms with Crippen molar-refractivity contribution in [1.82, 2.24) is 10.2 Å². The standard InChI is InChI=1S/C14H24N2O2/c1-11(15-8-9-16(2)3)14(17)12-6-5-7-13(10-12)18-4/h5-7,10-11,14-15,17H,8-9H2,1-4H3. The number of nitrogens with zero attached hydrogens (tertiary/aromatic N) is 1. The summed E-state index contributed by atoms with van der Waals surface area (Å²) in [5, 5.41) is 13.6. The largest absolute Gasteiger partial charge is 0.497 e. The Labute approximate surface area is 110 Å². The van der Waals surface area contributed by atoms with Gasteiger partial charge in [0, 0.05) is 19.1 Å². The molecule has 0 spiro atoms. The molecule has 2 N–H and O–H groups in total. The van der Waals surface area contributed by atoms with Crippen LogP contribution in [0.3, 0.4) is 0 Å². The first-order valence-electron chi connectivity index (χ1n) is 6.24. The molecule has 1 rings (SSSR count). The average Bonchev–Trinajstić information content (AvgIpc) is 2.37. The first kappa shape index (κ1) is 15.0. The summed E-state index contributed by atoms with van der Waals surface area (Å²) in [6, 6.07) is 7.56. The van der Waals surface area contributed by atoms with Crippen LogP contribution in [0, 0.1) is 0 Å².